The molecule has 0 fully saturated rings. The van der Waals surface area contributed by atoms with Crippen molar-refractivity contribution in [1.82, 2.24) is 9.97 Å². The second-order valence-corrected chi connectivity index (χ2v) is 7.80. The molecule has 1 aromatic heterocycles. The van der Waals surface area contributed by atoms with E-state index in [1.807, 2.05) is 39.8 Å². The Balaban J connectivity index is 1.87. The third kappa shape index (κ3) is 4.19. The van der Waals surface area contributed by atoms with Crippen molar-refractivity contribution >= 4 is 32.8 Å². The van der Waals surface area contributed by atoms with Crippen LogP contribution in [0.25, 0.3) is 10.9 Å². The number of hydrogen-bond acceptors (Lipinski definition) is 5. The molecule has 0 N–H and O–H groups in total. The summed E-state index contributed by atoms with van der Waals surface area (Å²) in [5.74, 6) is 0.859. The molecule has 2 aromatic carbocycles. The lowest BCUT2D eigenvalue weighted by atomic mass is 10.1. The number of nitrogens with zero attached hydrogens (tertiary/aromatic N) is 2. The van der Waals surface area contributed by atoms with E-state index in [0.717, 1.165) is 21.1 Å². The van der Waals surface area contributed by atoms with Crippen LogP contribution in [-0.2, 0) is 4.74 Å². The first-order chi connectivity index (χ1) is 12.2. The van der Waals surface area contributed by atoms with Crippen molar-refractivity contribution in [1.29, 1.82) is 0 Å². The van der Waals surface area contributed by atoms with Gasteiger partial charge in [-0.3, -0.25) is 0 Å². The number of rotatable bonds is 3. The first kappa shape index (κ1) is 18.3. The van der Waals surface area contributed by atoms with Crippen LogP contribution in [-0.4, -0.2) is 21.5 Å². The van der Waals surface area contributed by atoms with E-state index in [1.54, 1.807) is 24.3 Å². The summed E-state index contributed by atoms with van der Waals surface area (Å²) in [5.41, 5.74) is 1.56. The van der Waals surface area contributed by atoms with Crippen LogP contribution in [0, 0.1) is 6.92 Å². The molecule has 0 atom stereocenters. The molecule has 5 nitrogen and oxygen atoms in total. The first-order valence-electron chi connectivity index (χ1n) is 8.15. The molecule has 0 spiro atoms. The summed E-state index contributed by atoms with van der Waals surface area (Å²) in [6.07, 6.45) is 1.52. The molecule has 26 heavy (non-hydrogen) atoms. The zero-order chi connectivity index (χ0) is 18.9. The Hall–Kier alpha value is -2.47. The van der Waals surface area contributed by atoms with Crippen LogP contribution in [0.5, 0.6) is 11.5 Å². The van der Waals surface area contributed by atoms with Gasteiger partial charge in [0.15, 0.2) is 5.75 Å². The summed E-state index contributed by atoms with van der Waals surface area (Å²) in [6.45, 7) is 7.44. The second-order valence-electron chi connectivity index (χ2n) is 6.89. The van der Waals surface area contributed by atoms with Gasteiger partial charge in [0.2, 0.25) is 0 Å². The lowest BCUT2D eigenvalue weighted by Crippen LogP contribution is -2.23. The minimum atomic E-state index is -0.529. The van der Waals surface area contributed by atoms with E-state index in [9.17, 15) is 4.79 Å². The minimum absolute atomic E-state index is 0.361. The molecule has 3 aromatic rings. The third-order valence-corrected chi connectivity index (χ3v) is 4.04. The first-order valence-corrected chi connectivity index (χ1v) is 8.94. The van der Waals surface area contributed by atoms with Crippen LogP contribution in [0.4, 0.5) is 0 Å². The maximum absolute atomic E-state index is 12.1. The number of hydrogen-bond donors (Lipinski definition) is 0. The predicted molar refractivity (Wildman–Crippen MR) is 104 cm³/mol. The predicted octanol–water partition coefficient (Wildman–Crippen LogP) is 5.45. The van der Waals surface area contributed by atoms with Gasteiger partial charge in [0.25, 0.3) is 0 Å². The van der Waals surface area contributed by atoms with Crippen LogP contribution in [0.3, 0.4) is 0 Å². The van der Waals surface area contributed by atoms with Gasteiger partial charge in [0.05, 0.1) is 5.56 Å². The van der Waals surface area contributed by atoms with Gasteiger partial charge in [-0.05, 0) is 64.1 Å². The van der Waals surface area contributed by atoms with Crippen molar-refractivity contribution in [2.45, 2.75) is 33.3 Å². The monoisotopic (exact) mass is 414 g/mol. The molecule has 0 bridgehead atoms. The normalized spacial score (nSPS) is 11.4. The topological polar surface area (TPSA) is 61.3 Å². The Labute approximate surface area is 160 Å². The van der Waals surface area contributed by atoms with Crippen molar-refractivity contribution in [2.75, 3.05) is 0 Å². The van der Waals surface area contributed by atoms with Gasteiger partial charge in [-0.1, -0.05) is 15.9 Å². The lowest BCUT2D eigenvalue weighted by Gasteiger charge is -2.19. The van der Waals surface area contributed by atoms with Crippen molar-refractivity contribution in [3.8, 4) is 11.5 Å². The zero-order valence-corrected chi connectivity index (χ0v) is 16.6. The summed E-state index contributed by atoms with van der Waals surface area (Å²) in [6, 6.07) is 10.7. The van der Waals surface area contributed by atoms with Gasteiger partial charge in [-0.25, -0.2) is 14.8 Å². The fourth-order valence-electron chi connectivity index (χ4n) is 2.43. The largest absolute Gasteiger partial charge is 0.456 e. The number of aryl methyl sites for hydroxylation is 1. The molecule has 0 aliphatic rings. The van der Waals surface area contributed by atoms with Crippen molar-refractivity contribution in [3.63, 3.8) is 0 Å². The van der Waals surface area contributed by atoms with Crippen LogP contribution in [0.2, 0.25) is 0 Å². The number of aromatic nitrogens is 2. The molecule has 0 saturated carbocycles. The number of esters is 1. The Kier molecular flexibility index (Phi) is 4.96. The Morgan fingerprint density at radius 1 is 1.08 bits per heavy atom. The quantitative estimate of drug-likeness (QED) is 0.533. The molecular formula is C20H19BrN2O3. The smallest absolute Gasteiger partial charge is 0.338 e. The summed E-state index contributed by atoms with van der Waals surface area (Å²) in [5, 5.41) is 0.919. The molecule has 0 radical (unpaired) electrons. The molecule has 0 amide bonds. The van der Waals surface area contributed by atoms with E-state index in [0.29, 0.717) is 17.1 Å². The number of carbonyl (C=O) groups is 1. The number of halogens is 1. The van der Waals surface area contributed by atoms with Crippen LogP contribution >= 0.6 is 15.9 Å². The Morgan fingerprint density at radius 3 is 2.42 bits per heavy atom. The maximum atomic E-state index is 12.1. The highest BCUT2D eigenvalue weighted by molar-refractivity contribution is 9.10. The zero-order valence-electron chi connectivity index (χ0n) is 15.0. The van der Waals surface area contributed by atoms with Crippen molar-refractivity contribution in [3.05, 3.63) is 58.5 Å². The van der Waals surface area contributed by atoms with Crippen LogP contribution in [0.15, 0.2) is 47.2 Å². The number of ether oxygens (including phenoxy) is 2. The third-order valence-electron chi connectivity index (χ3n) is 3.58. The average Bonchev–Trinajstić information content (AvgIpc) is 2.55. The number of fused-ring (bicyclic) bond motifs is 1. The number of benzene rings is 2. The molecule has 0 aliphatic carbocycles. The highest BCUT2D eigenvalue weighted by atomic mass is 79.9. The van der Waals surface area contributed by atoms with E-state index in [1.165, 1.54) is 6.33 Å². The fraction of sp³-hybridized carbons (Fsp3) is 0.250. The molecule has 0 saturated heterocycles. The van der Waals surface area contributed by atoms with Crippen LogP contribution in [0.1, 0.15) is 36.8 Å². The molecule has 0 unspecified atom stereocenters. The average molecular weight is 415 g/mol. The standard InChI is InChI=1S/C20H19BrN2O3/c1-12-16-9-14(21)10-17(18(16)23-11-22-12)25-15-7-5-13(6-8-15)19(24)26-20(2,3)4/h5-11H,1-4H3. The summed E-state index contributed by atoms with van der Waals surface area (Å²) >= 11 is 3.49. The Morgan fingerprint density at radius 2 is 1.77 bits per heavy atom. The molecule has 6 heteroatoms. The molecule has 0 aliphatic heterocycles. The molecule has 3 rings (SSSR count). The van der Waals surface area contributed by atoms with E-state index >= 15 is 0 Å². The van der Waals surface area contributed by atoms with Gasteiger partial charge >= 0.3 is 5.97 Å². The maximum Gasteiger partial charge on any atom is 0.338 e. The summed E-state index contributed by atoms with van der Waals surface area (Å²) in [7, 11) is 0. The van der Waals surface area contributed by atoms with E-state index in [2.05, 4.69) is 25.9 Å². The Bertz CT molecular complexity index is 963. The van der Waals surface area contributed by atoms with Gasteiger partial charge < -0.3 is 9.47 Å². The van der Waals surface area contributed by atoms with Gasteiger partial charge in [-0.15, -0.1) is 0 Å². The van der Waals surface area contributed by atoms with Gasteiger partial charge in [0, 0.05) is 15.6 Å². The SMILES string of the molecule is Cc1ncnc2c(Oc3ccc(C(=O)OC(C)(C)C)cc3)cc(Br)cc12. The van der Waals surface area contributed by atoms with E-state index in [4.69, 9.17) is 9.47 Å². The summed E-state index contributed by atoms with van der Waals surface area (Å²) in [4.78, 5) is 20.7. The van der Waals surface area contributed by atoms with Gasteiger partial charge in [-0.2, -0.15) is 0 Å². The summed E-state index contributed by atoms with van der Waals surface area (Å²) < 4.78 is 12.2. The highest BCUT2D eigenvalue weighted by Crippen LogP contribution is 2.33. The van der Waals surface area contributed by atoms with E-state index in [-0.39, 0.29) is 5.97 Å². The number of carbonyl (C=O) groups excluding carboxylic acids is 1. The highest BCUT2D eigenvalue weighted by Gasteiger charge is 2.18. The second kappa shape index (κ2) is 7.03. The molecular weight excluding hydrogens is 396 g/mol. The fourth-order valence-corrected chi connectivity index (χ4v) is 2.86. The minimum Gasteiger partial charge on any atom is -0.456 e. The van der Waals surface area contributed by atoms with Crippen molar-refractivity contribution in [2.24, 2.45) is 0 Å². The molecule has 134 valence electrons. The lowest BCUT2D eigenvalue weighted by molar-refractivity contribution is 0.00695. The van der Waals surface area contributed by atoms with Crippen LogP contribution < -0.4 is 4.74 Å². The van der Waals surface area contributed by atoms with E-state index < -0.39 is 5.60 Å². The van der Waals surface area contributed by atoms with Crippen molar-refractivity contribution < 1.29 is 14.3 Å². The van der Waals surface area contributed by atoms with Gasteiger partial charge in [0.1, 0.15) is 23.2 Å². The molecule has 1 heterocycles.